The highest BCUT2D eigenvalue weighted by Gasteiger charge is 2.09. The molecule has 0 bridgehead atoms. The fourth-order valence-corrected chi connectivity index (χ4v) is 2.65. The molecule has 1 aromatic heterocycles. The minimum absolute atomic E-state index is 0.0791. The zero-order valence-corrected chi connectivity index (χ0v) is 8.99. The molecular formula is C9H10BrNS. The van der Waals surface area contributed by atoms with E-state index in [-0.39, 0.29) is 6.04 Å². The first-order chi connectivity index (χ1) is 5.75. The van der Waals surface area contributed by atoms with Crippen molar-refractivity contribution in [1.82, 2.24) is 0 Å². The van der Waals surface area contributed by atoms with Gasteiger partial charge in [-0.3, -0.25) is 0 Å². The Balaban J connectivity index is 2.60. The second kappa shape index (κ2) is 4.66. The monoisotopic (exact) mass is 243 g/mol. The van der Waals surface area contributed by atoms with Crippen LogP contribution in [0.5, 0.6) is 0 Å². The van der Waals surface area contributed by atoms with Gasteiger partial charge in [0.15, 0.2) is 0 Å². The van der Waals surface area contributed by atoms with E-state index in [1.54, 1.807) is 11.3 Å². The van der Waals surface area contributed by atoms with Crippen LogP contribution in [0.15, 0.2) is 15.9 Å². The Labute approximate surface area is 85.1 Å². The highest BCUT2D eigenvalue weighted by atomic mass is 79.9. The Bertz CT molecular complexity index is 287. The van der Waals surface area contributed by atoms with Crippen LogP contribution in [0, 0.1) is 12.3 Å². The molecule has 0 aliphatic heterocycles. The number of rotatable bonds is 3. The van der Waals surface area contributed by atoms with Crippen LogP contribution in [0.1, 0.15) is 23.8 Å². The van der Waals surface area contributed by atoms with Gasteiger partial charge in [0.25, 0.3) is 0 Å². The van der Waals surface area contributed by atoms with Crippen molar-refractivity contribution in [2.45, 2.75) is 18.9 Å². The third kappa shape index (κ3) is 2.34. The maximum Gasteiger partial charge on any atom is 0.0410 e. The van der Waals surface area contributed by atoms with E-state index in [4.69, 9.17) is 12.2 Å². The van der Waals surface area contributed by atoms with Crippen molar-refractivity contribution < 1.29 is 0 Å². The smallest absolute Gasteiger partial charge is 0.0410 e. The fraction of sp³-hybridized carbons (Fsp3) is 0.333. The topological polar surface area (TPSA) is 26.0 Å². The van der Waals surface area contributed by atoms with Crippen LogP contribution >= 0.6 is 27.3 Å². The number of halogens is 1. The molecule has 0 spiro atoms. The predicted octanol–water partition coefficient (Wildman–Crippen LogP) is 2.92. The van der Waals surface area contributed by atoms with Gasteiger partial charge in [0.05, 0.1) is 0 Å². The summed E-state index contributed by atoms with van der Waals surface area (Å²) in [6, 6.07) is 2.09. The minimum atomic E-state index is 0.0791. The van der Waals surface area contributed by atoms with Gasteiger partial charge in [-0.25, -0.2) is 0 Å². The molecule has 0 fully saturated rings. The van der Waals surface area contributed by atoms with Crippen LogP contribution in [0.2, 0.25) is 0 Å². The van der Waals surface area contributed by atoms with E-state index in [2.05, 4.69) is 21.9 Å². The van der Waals surface area contributed by atoms with Crippen molar-refractivity contribution in [2.75, 3.05) is 0 Å². The molecule has 0 saturated carbocycles. The Morgan fingerprint density at radius 3 is 3.00 bits per heavy atom. The molecule has 0 radical (unpaired) electrons. The van der Waals surface area contributed by atoms with E-state index in [0.717, 1.165) is 17.3 Å². The molecular weight excluding hydrogens is 234 g/mol. The van der Waals surface area contributed by atoms with Crippen LogP contribution in [0.25, 0.3) is 0 Å². The maximum atomic E-state index is 5.91. The number of hydrogen-bond donors (Lipinski definition) is 1. The maximum absolute atomic E-state index is 5.91. The van der Waals surface area contributed by atoms with E-state index in [0.29, 0.717) is 0 Å². The third-order valence-corrected chi connectivity index (χ3v) is 3.58. The van der Waals surface area contributed by atoms with Crippen LogP contribution in [-0.4, -0.2) is 0 Å². The summed E-state index contributed by atoms with van der Waals surface area (Å²) >= 11 is 5.11. The molecule has 1 atom stereocenters. The SMILES string of the molecule is C#CCCC(N)c1sccc1Br. The lowest BCUT2D eigenvalue weighted by atomic mass is 10.1. The summed E-state index contributed by atoms with van der Waals surface area (Å²) in [4.78, 5) is 1.19. The number of hydrogen-bond acceptors (Lipinski definition) is 2. The summed E-state index contributed by atoms with van der Waals surface area (Å²) in [7, 11) is 0. The van der Waals surface area contributed by atoms with E-state index in [1.165, 1.54) is 4.88 Å². The van der Waals surface area contributed by atoms with Crippen molar-refractivity contribution in [3.05, 3.63) is 20.8 Å². The first-order valence-electron chi connectivity index (χ1n) is 3.67. The molecule has 0 saturated heterocycles. The summed E-state index contributed by atoms with van der Waals surface area (Å²) in [5, 5.41) is 2.02. The summed E-state index contributed by atoms with van der Waals surface area (Å²) < 4.78 is 1.09. The molecule has 0 aromatic carbocycles. The quantitative estimate of drug-likeness (QED) is 0.813. The summed E-state index contributed by atoms with van der Waals surface area (Å²) in [6.45, 7) is 0. The Morgan fingerprint density at radius 1 is 1.75 bits per heavy atom. The molecule has 0 aliphatic rings. The van der Waals surface area contributed by atoms with Gasteiger partial charge in [-0.05, 0) is 33.8 Å². The lowest BCUT2D eigenvalue weighted by molar-refractivity contribution is 0.677. The lowest BCUT2D eigenvalue weighted by Gasteiger charge is -2.07. The molecule has 0 amide bonds. The summed E-state index contributed by atoms with van der Waals surface area (Å²) in [5.74, 6) is 2.59. The molecule has 1 unspecified atom stereocenters. The normalized spacial score (nSPS) is 12.4. The molecule has 1 rings (SSSR count). The first kappa shape index (κ1) is 9.79. The van der Waals surface area contributed by atoms with Gasteiger partial charge in [-0.2, -0.15) is 0 Å². The molecule has 1 nitrogen and oxygen atoms in total. The molecule has 3 heteroatoms. The Kier molecular flexibility index (Phi) is 3.80. The standard InChI is InChI=1S/C9H10BrNS/c1-2-3-4-8(11)9-7(10)5-6-12-9/h1,5-6,8H,3-4,11H2. The molecule has 0 aliphatic carbocycles. The first-order valence-corrected chi connectivity index (χ1v) is 5.35. The van der Waals surface area contributed by atoms with Crippen molar-refractivity contribution >= 4 is 27.3 Å². The van der Waals surface area contributed by atoms with Crippen molar-refractivity contribution in [1.29, 1.82) is 0 Å². The Morgan fingerprint density at radius 2 is 2.50 bits per heavy atom. The average molecular weight is 244 g/mol. The molecule has 1 aromatic rings. The second-order valence-corrected chi connectivity index (χ2v) is 4.28. The minimum Gasteiger partial charge on any atom is -0.323 e. The molecule has 2 N–H and O–H groups in total. The van der Waals surface area contributed by atoms with Crippen LogP contribution in [0.4, 0.5) is 0 Å². The van der Waals surface area contributed by atoms with Crippen molar-refractivity contribution in [3.8, 4) is 12.3 Å². The van der Waals surface area contributed by atoms with Gasteiger partial charge in [0, 0.05) is 21.8 Å². The zero-order chi connectivity index (χ0) is 8.97. The van der Waals surface area contributed by atoms with Gasteiger partial charge >= 0.3 is 0 Å². The Hall–Kier alpha value is -0.300. The van der Waals surface area contributed by atoms with Gasteiger partial charge in [-0.15, -0.1) is 23.7 Å². The highest BCUT2D eigenvalue weighted by Crippen LogP contribution is 2.29. The van der Waals surface area contributed by atoms with Crippen LogP contribution in [-0.2, 0) is 0 Å². The van der Waals surface area contributed by atoms with Crippen molar-refractivity contribution in [3.63, 3.8) is 0 Å². The average Bonchev–Trinajstić information content (AvgIpc) is 2.47. The van der Waals surface area contributed by atoms with Crippen LogP contribution < -0.4 is 5.73 Å². The molecule has 1 heterocycles. The van der Waals surface area contributed by atoms with Gasteiger partial charge in [0.2, 0.25) is 0 Å². The van der Waals surface area contributed by atoms with Gasteiger partial charge in [-0.1, -0.05) is 0 Å². The predicted molar refractivity (Wildman–Crippen MR) is 57.0 cm³/mol. The number of nitrogens with two attached hydrogens (primary N) is 1. The van der Waals surface area contributed by atoms with Gasteiger partial charge < -0.3 is 5.73 Å². The van der Waals surface area contributed by atoms with Gasteiger partial charge in [0.1, 0.15) is 0 Å². The number of terminal acetylenes is 1. The second-order valence-electron chi connectivity index (χ2n) is 2.48. The lowest BCUT2D eigenvalue weighted by Crippen LogP contribution is -2.08. The van der Waals surface area contributed by atoms with E-state index in [9.17, 15) is 0 Å². The summed E-state index contributed by atoms with van der Waals surface area (Å²) in [5.41, 5.74) is 5.91. The highest BCUT2D eigenvalue weighted by molar-refractivity contribution is 9.10. The van der Waals surface area contributed by atoms with E-state index >= 15 is 0 Å². The fourth-order valence-electron chi connectivity index (χ4n) is 0.940. The molecule has 12 heavy (non-hydrogen) atoms. The number of thiophene rings is 1. The summed E-state index contributed by atoms with van der Waals surface area (Å²) in [6.07, 6.45) is 6.75. The zero-order valence-electron chi connectivity index (χ0n) is 6.59. The van der Waals surface area contributed by atoms with Crippen molar-refractivity contribution in [2.24, 2.45) is 5.73 Å². The van der Waals surface area contributed by atoms with E-state index in [1.807, 2.05) is 11.4 Å². The largest absolute Gasteiger partial charge is 0.323 e. The third-order valence-electron chi connectivity index (χ3n) is 1.58. The molecule has 64 valence electrons. The van der Waals surface area contributed by atoms with E-state index < -0.39 is 0 Å². The van der Waals surface area contributed by atoms with Crippen LogP contribution in [0.3, 0.4) is 0 Å².